The van der Waals surface area contributed by atoms with Crippen LogP contribution < -0.4 is 11.1 Å². The number of para-hydroxylation sites is 2. The Bertz CT molecular complexity index is 1630. The number of rotatable bonds is 5. The third-order valence-electron chi connectivity index (χ3n) is 5.76. The maximum absolute atomic E-state index is 13.2. The summed E-state index contributed by atoms with van der Waals surface area (Å²) in [4.78, 5) is 29.7. The van der Waals surface area contributed by atoms with Gasteiger partial charge >= 0.3 is 0 Å². The van der Waals surface area contributed by atoms with Crippen LogP contribution in [0.4, 0.5) is 17.1 Å². The number of aromatic nitrogens is 1. The number of benzene rings is 3. The molecule has 0 bridgehead atoms. The van der Waals surface area contributed by atoms with E-state index in [2.05, 4.69) is 5.32 Å². The topological polar surface area (TPSA) is 111 Å². The van der Waals surface area contributed by atoms with E-state index in [0.29, 0.717) is 15.2 Å². The van der Waals surface area contributed by atoms with Crippen LogP contribution in [0.3, 0.4) is 0 Å². The van der Waals surface area contributed by atoms with Gasteiger partial charge in [0, 0.05) is 22.0 Å². The van der Waals surface area contributed by atoms with Crippen molar-refractivity contribution in [2.24, 2.45) is 0 Å². The van der Waals surface area contributed by atoms with Crippen molar-refractivity contribution in [1.29, 1.82) is 0 Å². The smallest absolute Gasteiger partial charge is 0.292 e. The molecule has 0 unspecified atom stereocenters. The van der Waals surface area contributed by atoms with Crippen LogP contribution in [0, 0.1) is 17.0 Å². The number of carbonyl (C=O) groups excluding carboxylic acids is 1. The maximum Gasteiger partial charge on any atom is 0.292 e. The van der Waals surface area contributed by atoms with Crippen LogP contribution in [0.5, 0.6) is 0 Å². The van der Waals surface area contributed by atoms with Gasteiger partial charge in [-0.05, 0) is 42.3 Å². The largest absolute Gasteiger partial charge is 0.397 e. The van der Waals surface area contributed by atoms with E-state index in [-0.39, 0.29) is 21.9 Å². The van der Waals surface area contributed by atoms with Crippen molar-refractivity contribution in [3.05, 3.63) is 104 Å². The predicted octanol–water partition coefficient (Wildman–Crippen LogP) is 7.33. The number of nitrogen functional groups attached to an aromatic ring is 1. The van der Waals surface area contributed by atoms with E-state index < -0.39 is 10.8 Å². The molecule has 0 aliphatic rings. The zero-order valence-corrected chi connectivity index (χ0v) is 20.6. The second-order valence-electron chi connectivity index (χ2n) is 8.18. The van der Waals surface area contributed by atoms with E-state index in [4.69, 9.17) is 22.3 Å². The predicted molar refractivity (Wildman–Crippen MR) is 146 cm³/mol. The lowest BCUT2D eigenvalue weighted by atomic mass is 9.99. The molecule has 0 aliphatic heterocycles. The number of carbonyl (C=O) groups is 1. The first-order valence-corrected chi connectivity index (χ1v) is 12.1. The van der Waals surface area contributed by atoms with Crippen LogP contribution in [0.2, 0.25) is 5.02 Å². The van der Waals surface area contributed by atoms with Gasteiger partial charge in [-0.3, -0.25) is 14.9 Å². The average molecular weight is 515 g/mol. The number of nitro groups is 1. The van der Waals surface area contributed by atoms with Gasteiger partial charge in [0.25, 0.3) is 11.6 Å². The number of nitro benzene ring substituents is 1. The van der Waals surface area contributed by atoms with Gasteiger partial charge in [0.15, 0.2) is 0 Å². The quantitative estimate of drug-likeness (QED) is 0.188. The molecular weight excluding hydrogens is 496 g/mol. The number of anilines is 2. The van der Waals surface area contributed by atoms with Crippen LogP contribution in [0.25, 0.3) is 32.6 Å². The van der Waals surface area contributed by atoms with Crippen molar-refractivity contribution in [3.63, 3.8) is 0 Å². The Morgan fingerprint density at radius 2 is 1.69 bits per heavy atom. The molecular formula is C27H19ClN4O3S. The highest BCUT2D eigenvalue weighted by Crippen LogP contribution is 2.42. The number of nitrogens with zero attached hydrogens (tertiary/aromatic N) is 2. The molecule has 3 aromatic carbocycles. The van der Waals surface area contributed by atoms with Crippen LogP contribution in [0.1, 0.15) is 15.2 Å². The average Bonchev–Trinajstić information content (AvgIpc) is 3.21. The third kappa shape index (κ3) is 4.39. The molecule has 7 nitrogen and oxygen atoms in total. The van der Waals surface area contributed by atoms with Crippen LogP contribution in [-0.2, 0) is 0 Å². The minimum absolute atomic E-state index is 0.0931. The molecule has 0 saturated heterocycles. The van der Waals surface area contributed by atoms with Crippen molar-refractivity contribution in [1.82, 2.24) is 4.98 Å². The Kier molecular flexibility index (Phi) is 6.13. The van der Waals surface area contributed by atoms with Crippen molar-refractivity contribution < 1.29 is 9.72 Å². The summed E-state index contributed by atoms with van der Waals surface area (Å²) in [5, 5.41) is 15.3. The Balaban J connectivity index is 1.66. The molecule has 2 aromatic heterocycles. The lowest BCUT2D eigenvalue weighted by molar-refractivity contribution is -0.383. The first kappa shape index (κ1) is 23.5. The van der Waals surface area contributed by atoms with Gasteiger partial charge in [-0.25, -0.2) is 4.98 Å². The standard InChI is InChI=1S/C27H19ClN4O3S/c1-15-6-8-17(9-7-15)21-14-19(16-10-12-18(28)13-11-16)23-24(29)25(36-27(23)31-21)26(33)30-20-4-2-3-5-22(20)32(34)35/h2-14H,29H2,1H3,(H,30,33). The molecule has 0 atom stereocenters. The van der Waals surface area contributed by atoms with E-state index in [1.54, 1.807) is 18.2 Å². The fraction of sp³-hybridized carbons (Fsp3) is 0.0370. The maximum atomic E-state index is 13.2. The van der Waals surface area contributed by atoms with Gasteiger partial charge in [0.05, 0.1) is 16.3 Å². The van der Waals surface area contributed by atoms with Crippen LogP contribution in [-0.4, -0.2) is 15.8 Å². The fourth-order valence-electron chi connectivity index (χ4n) is 3.94. The molecule has 178 valence electrons. The van der Waals surface area contributed by atoms with Crippen molar-refractivity contribution in [3.8, 4) is 22.4 Å². The van der Waals surface area contributed by atoms with Crippen molar-refractivity contribution in [2.45, 2.75) is 6.92 Å². The summed E-state index contributed by atoms with van der Waals surface area (Å²) in [5.74, 6) is -0.538. The van der Waals surface area contributed by atoms with E-state index in [1.807, 2.05) is 49.4 Å². The molecule has 0 spiro atoms. The number of hydrogen-bond acceptors (Lipinski definition) is 6. The van der Waals surface area contributed by atoms with Crippen molar-refractivity contribution in [2.75, 3.05) is 11.1 Å². The number of amides is 1. The number of thiophene rings is 1. The highest BCUT2D eigenvalue weighted by atomic mass is 35.5. The minimum atomic E-state index is -0.544. The highest BCUT2D eigenvalue weighted by Gasteiger charge is 2.23. The summed E-state index contributed by atoms with van der Waals surface area (Å²) < 4.78 is 0. The van der Waals surface area contributed by atoms with E-state index in [9.17, 15) is 14.9 Å². The number of nitrogens with one attached hydrogen (secondary N) is 1. The van der Waals surface area contributed by atoms with Crippen LogP contribution in [0.15, 0.2) is 78.9 Å². The van der Waals surface area contributed by atoms with Gasteiger partial charge in [0.1, 0.15) is 15.4 Å². The molecule has 0 aliphatic carbocycles. The zero-order chi connectivity index (χ0) is 25.4. The SMILES string of the molecule is Cc1ccc(-c2cc(-c3ccc(Cl)cc3)c3c(N)c(C(=O)Nc4ccccc4[N+](=O)[O-])sc3n2)cc1. The number of aryl methyl sites for hydroxylation is 1. The number of hydrogen-bond donors (Lipinski definition) is 2. The molecule has 2 heterocycles. The normalized spacial score (nSPS) is 10.9. The molecule has 0 saturated carbocycles. The second-order valence-corrected chi connectivity index (χ2v) is 9.62. The van der Waals surface area contributed by atoms with Gasteiger partial charge < -0.3 is 11.1 Å². The molecule has 36 heavy (non-hydrogen) atoms. The van der Waals surface area contributed by atoms with Gasteiger partial charge in [-0.1, -0.05) is 65.7 Å². The number of halogens is 1. The summed E-state index contributed by atoms with van der Waals surface area (Å²) in [5.41, 5.74) is 11.1. The Hall–Kier alpha value is -4.27. The third-order valence-corrected chi connectivity index (χ3v) is 7.11. The van der Waals surface area contributed by atoms with E-state index in [0.717, 1.165) is 39.3 Å². The summed E-state index contributed by atoms with van der Waals surface area (Å²) in [6, 6.07) is 23.3. The van der Waals surface area contributed by atoms with Crippen LogP contribution >= 0.6 is 22.9 Å². The minimum Gasteiger partial charge on any atom is -0.397 e. The molecule has 0 fully saturated rings. The molecule has 1 amide bonds. The second kappa shape index (κ2) is 9.41. The Morgan fingerprint density at radius 1 is 1.03 bits per heavy atom. The molecule has 3 N–H and O–H groups in total. The van der Waals surface area contributed by atoms with E-state index >= 15 is 0 Å². The highest BCUT2D eigenvalue weighted by molar-refractivity contribution is 7.21. The molecule has 0 radical (unpaired) electrons. The first-order valence-electron chi connectivity index (χ1n) is 10.9. The summed E-state index contributed by atoms with van der Waals surface area (Å²) in [6.45, 7) is 2.02. The Labute approximate surface area is 215 Å². The summed E-state index contributed by atoms with van der Waals surface area (Å²) in [6.07, 6.45) is 0. The number of pyridine rings is 1. The number of nitrogens with two attached hydrogens (primary N) is 1. The van der Waals surface area contributed by atoms with Crippen molar-refractivity contribution >= 4 is 56.1 Å². The fourth-order valence-corrected chi connectivity index (χ4v) is 5.08. The summed E-state index contributed by atoms with van der Waals surface area (Å²) >= 11 is 7.26. The molecule has 5 aromatic rings. The first-order chi connectivity index (χ1) is 17.3. The van der Waals surface area contributed by atoms with Gasteiger partial charge in [0.2, 0.25) is 0 Å². The monoisotopic (exact) mass is 514 g/mol. The lowest BCUT2D eigenvalue weighted by Gasteiger charge is -2.09. The number of fused-ring (bicyclic) bond motifs is 1. The zero-order valence-electron chi connectivity index (χ0n) is 19.0. The van der Waals surface area contributed by atoms with Gasteiger partial charge in [-0.2, -0.15) is 0 Å². The lowest BCUT2D eigenvalue weighted by Crippen LogP contribution is -2.13. The van der Waals surface area contributed by atoms with E-state index in [1.165, 1.54) is 18.2 Å². The van der Waals surface area contributed by atoms with Gasteiger partial charge in [-0.15, -0.1) is 11.3 Å². The molecule has 9 heteroatoms. The Morgan fingerprint density at radius 3 is 2.39 bits per heavy atom. The summed E-state index contributed by atoms with van der Waals surface area (Å²) in [7, 11) is 0. The molecule has 5 rings (SSSR count).